The molecule has 4 rings (SSSR count). The molecular formula is C21H23N3O4S. The Labute approximate surface area is 172 Å². The van der Waals surface area contributed by atoms with Crippen molar-refractivity contribution >= 4 is 28.3 Å². The van der Waals surface area contributed by atoms with Crippen LogP contribution in [0, 0.1) is 0 Å². The topological polar surface area (TPSA) is 96.5 Å². The molecule has 0 radical (unpaired) electrons. The van der Waals surface area contributed by atoms with E-state index in [1.54, 1.807) is 11.3 Å². The smallest absolute Gasteiger partial charge is 0.286 e. The molecule has 3 heterocycles. The Morgan fingerprint density at radius 3 is 3.03 bits per heavy atom. The lowest BCUT2D eigenvalue weighted by Gasteiger charge is -2.28. The van der Waals surface area contributed by atoms with Crippen LogP contribution in [0.4, 0.5) is 0 Å². The van der Waals surface area contributed by atoms with Gasteiger partial charge in [0.1, 0.15) is 5.82 Å². The maximum absolute atomic E-state index is 12.7. The van der Waals surface area contributed by atoms with Crippen molar-refractivity contribution in [2.45, 2.75) is 31.6 Å². The fraction of sp³-hybridized carbons (Fsp3) is 0.333. The van der Waals surface area contributed by atoms with E-state index in [2.05, 4.69) is 15.3 Å². The maximum Gasteiger partial charge on any atom is 0.286 e. The zero-order valence-electron chi connectivity index (χ0n) is 15.8. The van der Waals surface area contributed by atoms with Gasteiger partial charge in [0.05, 0.1) is 24.2 Å². The van der Waals surface area contributed by atoms with Crippen LogP contribution in [0.5, 0.6) is 0 Å². The summed E-state index contributed by atoms with van der Waals surface area (Å²) in [5.41, 5.74) is 1.79. The molecule has 0 bridgehead atoms. The summed E-state index contributed by atoms with van der Waals surface area (Å²) in [7, 11) is 0. The lowest BCUT2D eigenvalue weighted by atomic mass is 9.99. The molecule has 0 saturated heterocycles. The van der Waals surface area contributed by atoms with Gasteiger partial charge in [-0.2, -0.15) is 0 Å². The van der Waals surface area contributed by atoms with Crippen molar-refractivity contribution in [1.29, 1.82) is 0 Å². The Kier molecular flexibility index (Phi) is 6.24. The Morgan fingerprint density at radius 1 is 1.34 bits per heavy atom. The van der Waals surface area contributed by atoms with Gasteiger partial charge in [-0.15, -0.1) is 11.3 Å². The highest BCUT2D eigenvalue weighted by Crippen LogP contribution is 2.33. The Bertz CT molecular complexity index is 950. The van der Waals surface area contributed by atoms with Gasteiger partial charge in [-0.3, -0.25) is 4.79 Å². The van der Waals surface area contributed by atoms with E-state index in [0.717, 1.165) is 15.9 Å². The fourth-order valence-corrected chi connectivity index (χ4v) is 4.05. The van der Waals surface area contributed by atoms with Gasteiger partial charge in [0.15, 0.2) is 5.76 Å². The molecule has 2 aromatic heterocycles. The molecule has 8 heteroatoms. The zero-order valence-corrected chi connectivity index (χ0v) is 16.7. The second-order valence-corrected chi connectivity index (χ2v) is 7.75. The lowest BCUT2D eigenvalue weighted by molar-refractivity contribution is -0.147. The van der Waals surface area contributed by atoms with Gasteiger partial charge < -0.3 is 24.9 Å². The molecule has 2 atom stereocenters. The van der Waals surface area contributed by atoms with Gasteiger partial charge >= 0.3 is 0 Å². The standard InChI is InChI=1S/C21H23N3O4S/c25-8-4-9-27-20-12-14(18-7-3-10-29-18)11-17(28-20)21(26)22-13-19-23-15-5-1-2-6-16(15)24-19/h1-3,5-7,10-11,14,20,25H,4,8-9,12-13H2,(H,22,26)(H,23,24)/t14-,20+/m0/s1. The summed E-state index contributed by atoms with van der Waals surface area (Å²) in [4.78, 5) is 21.6. The number of hydrogen-bond donors (Lipinski definition) is 3. The summed E-state index contributed by atoms with van der Waals surface area (Å²) in [5.74, 6) is 0.679. The van der Waals surface area contributed by atoms with Crippen LogP contribution in [0.1, 0.15) is 29.5 Å². The first-order valence-electron chi connectivity index (χ1n) is 9.59. The monoisotopic (exact) mass is 413 g/mol. The normalized spacial score (nSPS) is 19.0. The van der Waals surface area contributed by atoms with Crippen LogP contribution in [-0.2, 0) is 20.8 Å². The molecule has 1 aromatic carbocycles. The number of thiophene rings is 1. The average Bonchev–Trinajstić information content (AvgIpc) is 3.41. The highest BCUT2D eigenvalue weighted by Gasteiger charge is 2.29. The van der Waals surface area contributed by atoms with Crippen LogP contribution >= 0.6 is 11.3 Å². The van der Waals surface area contributed by atoms with E-state index in [1.807, 2.05) is 47.9 Å². The van der Waals surface area contributed by atoms with Gasteiger partial charge in [0, 0.05) is 23.8 Å². The van der Waals surface area contributed by atoms with Crippen LogP contribution in [0.15, 0.2) is 53.6 Å². The lowest BCUT2D eigenvalue weighted by Crippen LogP contribution is -2.33. The van der Waals surface area contributed by atoms with Gasteiger partial charge in [-0.25, -0.2) is 4.98 Å². The number of aromatic amines is 1. The molecule has 3 N–H and O–H groups in total. The molecule has 7 nitrogen and oxygen atoms in total. The maximum atomic E-state index is 12.7. The number of aromatic nitrogens is 2. The van der Waals surface area contributed by atoms with E-state index < -0.39 is 6.29 Å². The molecule has 0 unspecified atom stereocenters. The van der Waals surface area contributed by atoms with Crippen molar-refractivity contribution < 1.29 is 19.4 Å². The van der Waals surface area contributed by atoms with Crippen molar-refractivity contribution in [3.63, 3.8) is 0 Å². The van der Waals surface area contributed by atoms with E-state index in [4.69, 9.17) is 14.6 Å². The third-order valence-corrected chi connectivity index (χ3v) is 5.66. The highest BCUT2D eigenvalue weighted by atomic mass is 32.1. The van der Waals surface area contributed by atoms with Crippen molar-refractivity contribution in [1.82, 2.24) is 15.3 Å². The van der Waals surface area contributed by atoms with Gasteiger partial charge in [0.2, 0.25) is 6.29 Å². The molecule has 0 saturated carbocycles. The minimum absolute atomic E-state index is 0.0508. The van der Waals surface area contributed by atoms with Crippen molar-refractivity contribution in [3.8, 4) is 0 Å². The summed E-state index contributed by atoms with van der Waals surface area (Å²) < 4.78 is 11.5. The van der Waals surface area contributed by atoms with Crippen LogP contribution in [0.3, 0.4) is 0 Å². The number of rotatable bonds is 8. The van der Waals surface area contributed by atoms with Crippen LogP contribution in [0.25, 0.3) is 11.0 Å². The minimum atomic E-state index is -0.523. The number of carbonyl (C=O) groups is 1. The number of para-hydroxylation sites is 2. The predicted octanol–water partition coefficient (Wildman–Crippen LogP) is 3.05. The summed E-state index contributed by atoms with van der Waals surface area (Å²) in [5, 5.41) is 13.8. The summed E-state index contributed by atoms with van der Waals surface area (Å²) in [6.07, 6.45) is 2.49. The Hall–Kier alpha value is -2.68. The number of allylic oxidation sites excluding steroid dienone is 1. The molecule has 29 heavy (non-hydrogen) atoms. The van der Waals surface area contributed by atoms with E-state index in [1.165, 1.54) is 0 Å². The zero-order chi connectivity index (χ0) is 20.1. The summed E-state index contributed by atoms with van der Waals surface area (Å²) >= 11 is 1.64. The summed E-state index contributed by atoms with van der Waals surface area (Å²) in [6, 6.07) is 11.8. The SMILES string of the molecule is O=C(NCc1nc2ccccc2[nH]1)C1=C[C@H](c2cccs2)C[C@H](OCCCO)O1. The first-order chi connectivity index (χ1) is 14.2. The molecule has 152 valence electrons. The molecule has 1 aliphatic rings. The number of amides is 1. The van der Waals surface area contributed by atoms with Crippen molar-refractivity contribution in [2.24, 2.45) is 0 Å². The molecule has 0 spiro atoms. The molecule has 0 fully saturated rings. The first kappa shape index (κ1) is 19.6. The number of ether oxygens (including phenoxy) is 2. The molecular weight excluding hydrogens is 390 g/mol. The molecule has 1 aliphatic heterocycles. The van der Waals surface area contributed by atoms with Crippen LogP contribution < -0.4 is 5.32 Å². The van der Waals surface area contributed by atoms with Gasteiger partial charge in [-0.1, -0.05) is 18.2 Å². The highest BCUT2D eigenvalue weighted by molar-refractivity contribution is 7.10. The number of fused-ring (bicyclic) bond motifs is 1. The molecule has 0 aliphatic carbocycles. The number of imidazole rings is 1. The van der Waals surface area contributed by atoms with E-state index in [9.17, 15) is 4.79 Å². The number of aliphatic hydroxyl groups excluding tert-OH is 1. The molecule has 3 aromatic rings. The number of nitrogens with zero attached hydrogens (tertiary/aromatic N) is 1. The van der Waals surface area contributed by atoms with Crippen molar-refractivity contribution in [3.05, 3.63) is 64.3 Å². The first-order valence-corrected chi connectivity index (χ1v) is 10.5. The number of nitrogens with one attached hydrogen (secondary N) is 2. The number of carbonyl (C=O) groups excluding carboxylic acids is 1. The third kappa shape index (κ3) is 4.84. The van der Waals surface area contributed by atoms with E-state index in [-0.39, 0.29) is 30.7 Å². The number of hydrogen-bond acceptors (Lipinski definition) is 6. The predicted molar refractivity (Wildman–Crippen MR) is 110 cm³/mol. The fourth-order valence-electron chi connectivity index (χ4n) is 3.24. The second kappa shape index (κ2) is 9.21. The van der Waals surface area contributed by atoms with E-state index in [0.29, 0.717) is 25.3 Å². The van der Waals surface area contributed by atoms with Gasteiger partial charge in [-0.05, 0) is 36.1 Å². The number of H-pyrrole nitrogens is 1. The van der Waals surface area contributed by atoms with Gasteiger partial charge in [0.25, 0.3) is 5.91 Å². The number of benzene rings is 1. The minimum Gasteiger partial charge on any atom is -0.459 e. The van der Waals surface area contributed by atoms with Crippen LogP contribution in [-0.4, -0.2) is 40.5 Å². The second-order valence-electron chi connectivity index (χ2n) is 6.77. The Morgan fingerprint density at radius 2 is 2.24 bits per heavy atom. The van der Waals surface area contributed by atoms with Crippen LogP contribution in [0.2, 0.25) is 0 Å². The third-order valence-electron chi connectivity index (χ3n) is 4.65. The largest absolute Gasteiger partial charge is 0.459 e. The van der Waals surface area contributed by atoms with Crippen molar-refractivity contribution in [2.75, 3.05) is 13.2 Å². The quantitative estimate of drug-likeness (QED) is 0.493. The summed E-state index contributed by atoms with van der Waals surface area (Å²) in [6.45, 7) is 0.710. The Balaban J connectivity index is 1.44. The van der Waals surface area contributed by atoms with E-state index >= 15 is 0 Å². The number of aliphatic hydroxyl groups is 1. The molecule has 1 amide bonds. The average molecular weight is 413 g/mol.